The molecule has 3 fully saturated rings. The summed E-state index contributed by atoms with van der Waals surface area (Å²) >= 11 is 0. The number of ether oxygens (including phenoxy) is 1. The van der Waals surface area contributed by atoms with Crippen molar-refractivity contribution in [1.29, 1.82) is 0 Å². The number of fused-ring (bicyclic) bond motifs is 3. The number of hydrogen-bond acceptors (Lipinski definition) is 4. The molecule has 0 radical (unpaired) electrons. The van der Waals surface area contributed by atoms with Crippen LogP contribution < -0.4 is 10.1 Å². The van der Waals surface area contributed by atoms with Crippen LogP contribution >= 0.6 is 0 Å². The molecule has 2 bridgehead atoms. The number of alkyl halides is 3. The van der Waals surface area contributed by atoms with Gasteiger partial charge in [0.2, 0.25) is 0 Å². The number of halogens is 3. The molecule has 7 rings (SSSR count). The first-order valence-electron chi connectivity index (χ1n) is 12.2. The third-order valence-corrected chi connectivity index (χ3v) is 7.77. The van der Waals surface area contributed by atoms with E-state index in [9.17, 15) is 18.0 Å². The minimum atomic E-state index is -4.36. The molecule has 1 aromatic carbocycles. The number of nitrogens with one attached hydrogen (secondary N) is 2. The fraction of sp³-hybridized carbons (Fsp3) is 0.370. The van der Waals surface area contributed by atoms with E-state index in [1.807, 2.05) is 30.5 Å². The average molecular weight is 495 g/mol. The van der Waals surface area contributed by atoms with Gasteiger partial charge in [-0.05, 0) is 91.8 Å². The number of pyridine rings is 1. The molecule has 2 aromatic heterocycles. The van der Waals surface area contributed by atoms with Crippen LogP contribution in [-0.2, 0) is 19.1 Å². The molecule has 1 amide bonds. The topological polar surface area (TPSA) is 79.9 Å². The van der Waals surface area contributed by atoms with E-state index in [0.29, 0.717) is 35.7 Å². The van der Waals surface area contributed by atoms with Crippen molar-refractivity contribution < 1.29 is 22.7 Å². The maximum Gasteiger partial charge on any atom is 0.417 e. The maximum absolute atomic E-state index is 12.8. The van der Waals surface area contributed by atoms with Crippen molar-refractivity contribution in [2.24, 2.45) is 17.8 Å². The number of rotatable bonds is 5. The van der Waals surface area contributed by atoms with Crippen molar-refractivity contribution in [3.05, 3.63) is 70.7 Å². The molecule has 36 heavy (non-hydrogen) atoms. The van der Waals surface area contributed by atoms with Gasteiger partial charge in [-0.2, -0.15) is 18.3 Å². The van der Waals surface area contributed by atoms with Gasteiger partial charge in [-0.25, -0.2) is 4.79 Å². The maximum atomic E-state index is 12.8. The Labute approximate surface area is 206 Å². The van der Waals surface area contributed by atoms with Crippen molar-refractivity contribution in [2.45, 2.75) is 44.8 Å². The van der Waals surface area contributed by atoms with Crippen LogP contribution in [0.2, 0.25) is 0 Å². The lowest BCUT2D eigenvalue weighted by atomic mass is 9.54. The molecule has 3 heterocycles. The Balaban J connectivity index is 1.08. The lowest BCUT2D eigenvalue weighted by Gasteiger charge is -2.51. The number of carbonyl (C=O) groups is 1. The number of aromatic amines is 1. The van der Waals surface area contributed by atoms with E-state index in [1.54, 1.807) is 0 Å². The Kier molecular flexibility index (Phi) is 5.58. The zero-order valence-corrected chi connectivity index (χ0v) is 19.4. The normalized spacial score (nSPS) is 22.8. The summed E-state index contributed by atoms with van der Waals surface area (Å²) in [6.07, 6.45) is 5.16. The van der Waals surface area contributed by atoms with Crippen LogP contribution in [0.5, 0.6) is 5.75 Å². The van der Waals surface area contributed by atoms with Crippen LogP contribution in [0.3, 0.4) is 0 Å². The summed E-state index contributed by atoms with van der Waals surface area (Å²) in [5, 5.41) is 10.1. The average Bonchev–Trinajstić information content (AvgIpc) is 3.32. The number of H-pyrrole nitrogens is 1. The smallest absolute Gasteiger partial charge is 0.410 e. The molecule has 2 atom stereocenters. The van der Waals surface area contributed by atoms with E-state index in [0.717, 1.165) is 54.8 Å². The van der Waals surface area contributed by atoms with Gasteiger partial charge in [0.1, 0.15) is 5.75 Å². The highest BCUT2D eigenvalue weighted by atomic mass is 19.4. The summed E-state index contributed by atoms with van der Waals surface area (Å²) in [6.45, 7) is 0.439. The summed E-state index contributed by atoms with van der Waals surface area (Å²) < 4.78 is 43.5. The molecule has 2 N–H and O–H groups in total. The van der Waals surface area contributed by atoms with E-state index < -0.39 is 17.8 Å². The Bertz CT molecular complexity index is 1320. The number of aromatic nitrogens is 3. The van der Waals surface area contributed by atoms with Gasteiger partial charge in [-0.1, -0.05) is 5.57 Å². The summed E-state index contributed by atoms with van der Waals surface area (Å²) in [6, 6.07) is 8.34. The lowest BCUT2D eigenvalue weighted by molar-refractivity contribution is -0.137. The summed E-state index contributed by atoms with van der Waals surface area (Å²) in [4.78, 5) is 15.4. The highest BCUT2D eigenvalue weighted by Crippen LogP contribution is 2.54. The summed E-state index contributed by atoms with van der Waals surface area (Å²) in [5.74, 6) is 2.47. The first-order valence-corrected chi connectivity index (χ1v) is 12.2. The van der Waals surface area contributed by atoms with Gasteiger partial charge in [0, 0.05) is 23.9 Å². The first-order chi connectivity index (χ1) is 17.3. The number of benzene rings is 1. The third kappa shape index (κ3) is 4.38. The van der Waals surface area contributed by atoms with E-state index in [2.05, 4.69) is 20.5 Å². The number of amides is 1. The van der Waals surface area contributed by atoms with Gasteiger partial charge in [0.15, 0.2) is 0 Å². The molecule has 0 spiro atoms. The third-order valence-electron chi connectivity index (χ3n) is 7.77. The molecule has 6 nitrogen and oxygen atoms in total. The van der Waals surface area contributed by atoms with Crippen LogP contribution in [0.15, 0.2) is 48.3 Å². The molecule has 2 unspecified atom stereocenters. The standard InChI is InChI=1S/C27H25F3N4O2/c28-27(29,30)21-3-4-22(31-14-21)9-15-7-18-11-19(8-15)23(18)5-1-17-13-33-34-25(17)16-2-6-24-20(10-16)12-32-26(35)36-24/h2-4,6,9-10,13-14,18-19,23H,1,5,7-8,11-12H2,(H,32,35)(H,33,34). The van der Waals surface area contributed by atoms with Crippen molar-refractivity contribution in [2.75, 3.05) is 0 Å². The van der Waals surface area contributed by atoms with E-state index in [1.165, 1.54) is 23.6 Å². The number of hydrogen-bond donors (Lipinski definition) is 2. The molecule has 3 aliphatic carbocycles. The Morgan fingerprint density at radius 2 is 1.94 bits per heavy atom. The van der Waals surface area contributed by atoms with Gasteiger partial charge < -0.3 is 10.1 Å². The monoisotopic (exact) mass is 494 g/mol. The van der Waals surface area contributed by atoms with Crippen LogP contribution in [0.1, 0.15) is 48.1 Å². The Hall–Kier alpha value is -3.62. The van der Waals surface area contributed by atoms with E-state index in [-0.39, 0.29) is 0 Å². The largest absolute Gasteiger partial charge is 0.417 e. The van der Waals surface area contributed by atoms with Gasteiger partial charge in [0.25, 0.3) is 0 Å². The van der Waals surface area contributed by atoms with Gasteiger partial charge in [-0.15, -0.1) is 0 Å². The predicted octanol–water partition coefficient (Wildman–Crippen LogP) is 6.15. The highest BCUT2D eigenvalue weighted by Gasteiger charge is 2.44. The fourth-order valence-corrected chi connectivity index (χ4v) is 5.96. The molecule has 3 aromatic rings. The Morgan fingerprint density at radius 1 is 1.11 bits per heavy atom. The lowest BCUT2D eigenvalue weighted by Crippen LogP contribution is -2.41. The minimum Gasteiger partial charge on any atom is -0.410 e. The minimum absolute atomic E-state index is 0.433. The number of allylic oxidation sites excluding steroid dienone is 1. The van der Waals surface area contributed by atoms with E-state index in [4.69, 9.17) is 4.74 Å². The zero-order valence-electron chi connectivity index (χ0n) is 19.4. The Morgan fingerprint density at radius 3 is 2.69 bits per heavy atom. The number of nitrogens with zero attached hydrogens (tertiary/aromatic N) is 2. The SMILES string of the molecule is O=C1NCc2cc(-c3[nH]ncc3CCC3C4CC(=Cc5ccc(C(F)(F)F)cn5)CC3C4)ccc2O1. The van der Waals surface area contributed by atoms with Gasteiger partial charge in [-0.3, -0.25) is 10.1 Å². The van der Waals surface area contributed by atoms with Crippen LogP contribution in [0.25, 0.3) is 17.3 Å². The molecule has 1 aliphatic heterocycles. The number of aryl methyl sites for hydroxylation is 1. The molecule has 3 saturated carbocycles. The van der Waals surface area contributed by atoms with E-state index >= 15 is 0 Å². The fourth-order valence-electron chi connectivity index (χ4n) is 5.96. The van der Waals surface area contributed by atoms with Crippen LogP contribution in [-0.4, -0.2) is 21.3 Å². The molecular weight excluding hydrogens is 469 g/mol. The van der Waals surface area contributed by atoms with Gasteiger partial charge in [0.05, 0.1) is 23.1 Å². The van der Waals surface area contributed by atoms with Crippen molar-refractivity contribution in [3.8, 4) is 17.0 Å². The molecule has 0 saturated heterocycles. The molecule has 186 valence electrons. The summed E-state index contributed by atoms with van der Waals surface area (Å²) in [5.41, 5.74) is 5.27. The van der Waals surface area contributed by atoms with Crippen LogP contribution in [0, 0.1) is 17.8 Å². The summed E-state index contributed by atoms with van der Waals surface area (Å²) in [7, 11) is 0. The van der Waals surface area contributed by atoms with Crippen molar-refractivity contribution in [1.82, 2.24) is 20.5 Å². The second-order valence-electron chi connectivity index (χ2n) is 9.97. The highest BCUT2D eigenvalue weighted by molar-refractivity contribution is 5.74. The second kappa shape index (κ2) is 8.80. The van der Waals surface area contributed by atoms with Crippen molar-refractivity contribution in [3.63, 3.8) is 0 Å². The first kappa shape index (κ1) is 22.8. The predicted molar refractivity (Wildman–Crippen MR) is 127 cm³/mol. The zero-order chi connectivity index (χ0) is 24.9. The van der Waals surface area contributed by atoms with Gasteiger partial charge >= 0.3 is 12.3 Å². The molecule has 9 heteroatoms. The van der Waals surface area contributed by atoms with Crippen molar-refractivity contribution >= 4 is 12.2 Å². The molecule has 4 aliphatic rings. The second-order valence-corrected chi connectivity index (χ2v) is 9.97. The molecular formula is C27H25F3N4O2. The quantitative estimate of drug-likeness (QED) is 0.446. The van der Waals surface area contributed by atoms with Crippen LogP contribution in [0.4, 0.5) is 18.0 Å². The number of carbonyl (C=O) groups excluding carboxylic acids is 1.